The van der Waals surface area contributed by atoms with Gasteiger partial charge in [-0.3, -0.25) is 9.97 Å². The van der Waals surface area contributed by atoms with Gasteiger partial charge in [-0.1, -0.05) is 97.1 Å². The Balaban J connectivity index is 0.992. The summed E-state index contributed by atoms with van der Waals surface area (Å²) in [5, 5.41) is 15.4. The quantitative estimate of drug-likeness (QED) is 0.180. The van der Waals surface area contributed by atoms with Crippen LogP contribution in [0, 0.1) is 11.3 Å². The summed E-state index contributed by atoms with van der Waals surface area (Å²) in [6, 6.07) is 64.2. The molecule has 1 aliphatic heterocycles. The number of hydrogen-bond donors (Lipinski definition) is 0. The summed E-state index contributed by atoms with van der Waals surface area (Å²) in [7, 11) is 0. The molecular weight excluding hydrogens is 735 g/mol. The first kappa shape index (κ1) is 32.8. The predicted octanol–water partition coefficient (Wildman–Crippen LogP) is 12.7. The van der Waals surface area contributed by atoms with E-state index in [2.05, 4.69) is 167 Å². The molecule has 6 heteroatoms. The number of rotatable bonds is 3. The Morgan fingerprint density at radius 3 is 1.70 bits per heavy atom. The number of pyridine rings is 2. The lowest BCUT2D eigenvalue weighted by Gasteiger charge is -2.39. The Morgan fingerprint density at radius 2 is 1.00 bits per heavy atom. The Hall–Kier alpha value is -8.27. The van der Waals surface area contributed by atoms with Gasteiger partial charge in [-0.05, 0) is 101 Å². The maximum absolute atomic E-state index is 10.8. The molecule has 0 atom stereocenters. The van der Waals surface area contributed by atoms with Gasteiger partial charge in [-0.15, -0.1) is 0 Å². The fourth-order valence-corrected chi connectivity index (χ4v) is 10.3. The average molecular weight is 766 g/mol. The van der Waals surface area contributed by atoms with E-state index in [1.807, 2.05) is 36.7 Å². The van der Waals surface area contributed by atoms with Crippen LogP contribution >= 0.6 is 0 Å². The molecule has 4 aromatic heterocycles. The van der Waals surface area contributed by atoms with Gasteiger partial charge in [0, 0.05) is 50.8 Å². The third-order valence-electron chi connectivity index (χ3n) is 12.7. The van der Waals surface area contributed by atoms with Crippen molar-refractivity contribution >= 4 is 43.6 Å². The molecule has 0 fully saturated rings. The predicted molar refractivity (Wildman–Crippen MR) is 238 cm³/mol. The van der Waals surface area contributed by atoms with Gasteiger partial charge in [0.15, 0.2) is 0 Å². The largest absolute Gasteiger partial charge is 0.457 e. The highest BCUT2D eigenvalue weighted by Gasteiger charge is 2.52. The third kappa shape index (κ3) is 4.25. The molecule has 0 radical (unpaired) electrons. The summed E-state index contributed by atoms with van der Waals surface area (Å²) >= 11 is 0. The van der Waals surface area contributed by atoms with Crippen LogP contribution in [0.3, 0.4) is 0 Å². The Labute approximate surface area is 344 Å². The van der Waals surface area contributed by atoms with Gasteiger partial charge in [0.2, 0.25) is 0 Å². The van der Waals surface area contributed by atoms with Crippen molar-refractivity contribution in [3.05, 3.63) is 216 Å². The molecule has 13 rings (SSSR count). The molecule has 2 aliphatic rings. The number of hydrogen-bond acceptors (Lipinski definition) is 4. The summed E-state index contributed by atoms with van der Waals surface area (Å²) < 4.78 is 11.2. The van der Waals surface area contributed by atoms with Crippen molar-refractivity contribution in [2.45, 2.75) is 5.41 Å². The van der Waals surface area contributed by atoms with Gasteiger partial charge >= 0.3 is 0 Å². The van der Waals surface area contributed by atoms with E-state index < -0.39 is 5.41 Å². The van der Waals surface area contributed by atoms with Crippen molar-refractivity contribution in [1.82, 2.24) is 19.1 Å². The number of nitrogens with zero attached hydrogens (tertiary/aromatic N) is 5. The minimum atomic E-state index is -0.660. The zero-order chi connectivity index (χ0) is 39.5. The van der Waals surface area contributed by atoms with Crippen molar-refractivity contribution in [3.8, 4) is 51.5 Å². The number of ether oxygens (including phenoxy) is 1. The molecule has 278 valence electrons. The van der Waals surface area contributed by atoms with E-state index in [9.17, 15) is 5.26 Å². The fourth-order valence-electron chi connectivity index (χ4n) is 10.3. The van der Waals surface area contributed by atoms with E-state index >= 15 is 0 Å². The first-order chi connectivity index (χ1) is 29.7. The molecule has 0 unspecified atom stereocenters. The van der Waals surface area contributed by atoms with Crippen molar-refractivity contribution in [3.63, 3.8) is 0 Å². The number of benzene rings is 7. The van der Waals surface area contributed by atoms with Gasteiger partial charge in [0.25, 0.3) is 0 Å². The minimum Gasteiger partial charge on any atom is -0.457 e. The summed E-state index contributed by atoms with van der Waals surface area (Å²) in [6.45, 7) is 0. The second kappa shape index (κ2) is 12.1. The highest BCUT2D eigenvalue weighted by atomic mass is 16.5. The first-order valence-electron chi connectivity index (χ1n) is 20.1. The van der Waals surface area contributed by atoms with Crippen LogP contribution in [0.2, 0.25) is 0 Å². The molecule has 1 aliphatic carbocycles. The molecule has 6 nitrogen and oxygen atoms in total. The van der Waals surface area contributed by atoms with Gasteiger partial charge in [-0.2, -0.15) is 5.26 Å². The first-order valence-corrected chi connectivity index (χ1v) is 20.1. The molecule has 0 amide bonds. The van der Waals surface area contributed by atoms with E-state index in [0.29, 0.717) is 5.56 Å². The lowest BCUT2D eigenvalue weighted by atomic mass is 9.66. The second-order valence-electron chi connectivity index (χ2n) is 15.6. The second-order valence-corrected chi connectivity index (χ2v) is 15.6. The van der Waals surface area contributed by atoms with Crippen LogP contribution in [0.15, 0.2) is 188 Å². The van der Waals surface area contributed by atoms with E-state index in [1.165, 1.54) is 10.8 Å². The van der Waals surface area contributed by atoms with Gasteiger partial charge in [0.05, 0.1) is 50.1 Å². The summed E-state index contributed by atoms with van der Waals surface area (Å²) in [5.74, 6) is 1.65. The molecule has 0 saturated heterocycles. The van der Waals surface area contributed by atoms with Gasteiger partial charge in [-0.25, -0.2) is 0 Å². The average Bonchev–Trinajstić information content (AvgIpc) is 3.93. The number of nitriles is 1. The van der Waals surface area contributed by atoms with Crippen LogP contribution in [-0.2, 0) is 5.41 Å². The fraction of sp³-hybridized carbons (Fsp3) is 0.0185. The van der Waals surface area contributed by atoms with E-state index in [1.54, 1.807) is 0 Å². The summed E-state index contributed by atoms with van der Waals surface area (Å²) in [6.07, 6.45) is 3.70. The molecule has 60 heavy (non-hydrogen) atoms. The smallest absolute Gasteiger partial charge is 0.132 e. The zero-order valence-corrected chi connectivity index (χ0v) is 32.0. The molecule has 11 aromatic rings. The number of fused-ring (bicyclic) bond motifs is 15. The molecule has 1 spiro atoms. The summed E-state index contributed by atoms with van der Waals surface area (Å²) in [4.78, 5) is 9.79. The Kier molecular flexibility index (Phi) is 6.62. The van der Waals surface area contributed by atoms with Crippen LogP contribution in [0.5, 0.6) is 11.5 Å². The lowest BCUT2D eigenvalue weighted by Crippen LogP contribution is -2.32. The highest BCUT2D eigenvalue weighted by molar-refractivity contribution is 6.11. The minimum absolute atomic E-state index is 0.600. The van der Waals surface area contributed by atoms with Crippen molar-refractivity contribution in [2.24, 2.45) is 0 Å². The maximum atomic E-state index is 10.8. The van der Waals surface area contributed by atoms with Crippen LogP contribution in [0.4, 0.5) is 0 Å². The molecule has 0 N–H and O–H groups in total. The number of para-hydroxylation sites is 4. The SMILES string of the molecule is N#Cc1cc(-n2c3ccccc3c3ccccc32)ccc1-n1c2ccccc2c2cc(-c3ccc4c(c3)C3(c5ccccc5O4)c4cccnc4-c4ncccc43)ccc21. The normalized spacial score (nSPS) is 13.2. The lowest BCUT2D eigenvalue weighted by molar-refractivity contribution is 0.436. The van der Waals surface area contributed by atoms with Crippen LogP contribution in [-0.4, -0.2) is 19.1 Å². The van der Waals surface area contributed by atoms with E-state index in [-0.39, 0.29) is 0 Å². The third-order valence-corrected chi connectivity index (χ3v) is 12.7. The highest BCUT2D eigenvalue weighted by Crippen LogP contribution is 2.61. The zero-order valence-electron chi connectivity index (χ0n) is 32.0. The number of aromatic nitrogens is 4. The standard InChI is InChI=1S/C54H31N5O/c55-32-35-29-36(58-46-17-5-1-11-37(46)38-12-2-6-18-47(38)58)23-25-45(35)59-48-19-7-3-13-39(48)40-30-33(21-24-49(40)59)34-22-26-51-44(31-34)54(41-14-4-8-20-50(41)60-51)42-15-9-27-56-52(42)53-43(54)16-10-28-57-53/h1-31H. The Bertz CT molecular complexity index is 3580. The van der Waals surface area contributed by atoms with Crippen molar-refractivity contribution in [1.29, 1.82) is 5.26 Å². The topological polar surface area (TPSA) is 68.7 Å². The molecule has 7 aromatic carbocycles. The Morgan fingerprint density at radius 1 is 0.450 bits per heavy atom. The molecular formula is C54H31N5O. The van der Waals surface area contributed by atoms with Crippen LogP contribution < -0.4 is 4.74 Å². The summed E-state index contributed by atoms with van der Waals surface area (Å²) in [5.41, 5.74) is 14.3. The van der Waals surface area contributed by atoms with E-state index in [4.69, 9.17) is 14.7 Å². The van der Waals surface area contributed by atoms with Crippen molar-refractivity contribution in [2.75, 3.05) is 0 Å². The van der Waals surface area contributed by atoms with Crippen molar-refractivity contribution < 1.29 is 4.74 Å². The van der Waals surface area contributed by atoms with Gasteiger partial charge < -0.3 is 13.9 Å². The molecule has 5 heterocycles. The van der Waals surface area contributed by atoms with Crippen LogP contribution in [0.25, 0.3) is 77.5 Å². The molecule has 0 saturated carbocycles. The monoisotopic (exact) mass is 765 g/mol. The molecule has 0 bridgehead atoms. The van der Waals surface area contributed by atoms with Gasteiger partial charge in [0.1, 0.15) is 17.6 Å². The van der Waals surface area contributed by atoms with Crippen LogP contribution in [0.1, 0.15) is 27.8 Å². The maximum Gasteiger partial charge on any atom is 0.132 e. The van der Waals surface area contributed by atoms with E-state index in [0.717, 1.165) is 100 Å².